The second-order valence-corrected chi connectivity index (χ2v) is 8.91. The number of allylic oxidation sites excluding steroid dienone is 1. The molecule has 0 atom stereocenters. The summed E-state index contributed by atoms with van der Waals surface area (Å²) >= 11 is 0. The third kappa shape index (κ3) is 3.80. The van der Waals surface area contributed by atoms with Gasteiger partial charge in [0, 0.05) is 25.7 Å². The smallest absolute Gasteiger partial charge is 0.268 e. The average molecular weight is 407 g/mol. The maximum Gasteiger partial charge on any atom is 0.268 e. The summed E-state index contributed by atoms with van der Waals surface area (Å²) in [5, 5.41) is 10.1. The maximum atomic E-state index is 13.5. The Morgan fingerprint density at radius 1 is 1.03 bits per heavy atom. The molecule has 0 saturated heterocycles. The van der Waals surface area contributed by atoms with E-state index in [0.717, 1.165) is 15.1 Å². The molecule has 7 heteroatoms. The number of nitrogens with zero attached hydrogens (tertiary/aromatic N) is 3. The number of aryl methyl sites for hydroxylation is 2. The molecule has 0 fully saturated rings. The summed E-state index contributed by atoms with van der Waals surface area (Å²) in [4.78, 5) is 14.8. The quantitative estimate of drug-likeness (QED) is 0.366. The Hall–Kier alpha value is -3.37. The number of fused-ring (bicyclic) bond motifs is 1. The molecule has 3 aromatic rings. The van der Waals surface area contributed by atoms with Gasteiger partial charge in [-0.15, -0.1) is 0 Å². The first-order chi connectivity index (χ1) is 13.6. The van der Waals surface area contributed by atoms with Crippen LogP contribution < -0.4 is 0 Å². The van der Waals surface area contributed by atoms with E-state index in [0.29, 0.717) is 10.9 Å². The van der Waals surface area contributed by atoms with E-state index in [1.165, 1.54) is 24.4 Å². The zero-order valence-electron chi connectivity index (χ0n) is 16.7. The first kappa shape index (κ1) is 20.4. The SMILES string of the molecule is Cc1ccc(S(=O)(=O)n2c(C(=O)/C(C#N)=C\N(C)C)cc3ccc(C)cc32)cc1. The molecule has 1 heterocycles. The van der Waals surface area contributed by atoms with Crippen molar-refractivity contribution in [3.05, 3.63) is 77.1 Å². The molecule has 0 aliphatic heterocycles. The monoisotopic (exact) mass is 407 g/mol. The third-order valence-corrected chi connectivity index (χ3v) is 6.20. The fraction of sp³-hybridized carbons (Fsp3) is 0.182. The Kier molecular flexibility index (Phi) is 5.31. The molecule has 2 aromatic carbocycles. The van der Waals surface area contributed by atoms with Gasteiger partial charge in [-0.2, -0.15) is 5.26 Å². The minimum Gasteiger partial charge on any atom is -0.382 e. The van der Waals surface area contributed by atoms with Crippen molar-refractivity contribution < 1.29 is 13.2 Å². The predicted molar refractivity (Wildman–Crippen MR) is 112 cm³/mol. The largest absolute Gasteiger partial charge is 0.382 e. The lowest BCUT2D eigenvalue weighted by Gasteiger charge is -2.12. The van der Waals surface area contributed by atoms with Gasteiger partial charge < -0.3 is 4.90 Å². The Bertz CT molecular complexity index is 1280. The number of nitriles is 1. The minimum absolute atomic E-state index is 0.0687. The molecule has 0 N–H and O–H groups in total. The molecular formula is C22H21N3O3S. The fourth-order valence-electron chi connectivity index (χ4n) is 3.05. The van der Waals surface area contributed by atoms with Crippen LogP contribution in [0.1, 0.15) is 21.6 Å². The van der Waals surface area contributed by atoms with Crippen molar-refractivity contribution in [3.63, 3.8) is 0 Å². The van der Waals surface area contributed by atoms with Gasteiger partial charge in [0.2, 0.25) is 5.78 Å². The number of hydrogen-bond donors (Lipinski definition) is 0. The number of carbonyl (C=O) groups excluding carboxylic acids is 1. The highest BCUT2D eigenvalue weighted by Crippen LogP contribution is 2.28. The van der Waals surface area contributed by atoms with Crippen LogP contribution in [0.2, 0.25) is 0 Å². The van der Waals surface area contributed by atoms with E-state index >= 15 is 0 Å². The van der Waals surface area contributed by atoms with Crippen LogP contribution in [0, 0.1) is 25.2 Å². The van der Waals surface area contributed by atoms with Crippen molar-refractivity contribution in [1.82, 2.24) is 8.87 Å². The number of rotatable bonds is 5. The van der Waals surface area contributed by atoms with Gasteiger partial charge in [0.1, 0.15) is 17.3 Å². The van der Waals surface area contributed by atoms with E-state index in [2.05, 4.69) is 0 Å². The van der Waals surface area contributed by atoms with Crippen LogP contribution in [0.4, 0.5) is 0 Å². The molecule has 0 aliphatic rings. The topological polar surface area (TPSA) is 83.2 Å². The van der Waals surface area contributed by atoms with Gasteiger partial charge in [-0.1, -0.05) is 29.8 Å². The third-order valence-electron chi connectivity index (χ3n) is 4.46. The summed E-state index contributed by atoms with van der Waals surface area (Å²) in [5.74, 6) is -0.647. The van der Waals surface area contributed by atoms with E-state index in [9.17, 15) is 18.5 Å². The first-order valence-electron chi connectivity index (χ1n) is 8.92. The Labute approximate surface area is 170 Å². The molecule has 29 heavy (non-hydrogen) atoms. The van der Waals surface area contributed by atoms with Crippen molar-refractivity contribution in [1.29, 1.82) is 5.26 Å². The number of benzene rings is 2. The molecule has 3 rings (SSSR count). The molecule has 0 radical (unpaired) electrons. The van der Waals surface area contributed by atoms with E-state index in [1.54, 1.807) is 43.3 Å². The van der Waals surface area contributed by atoms with Gasteiger partial charge in [-0.25, -0.2) is 12.4 Å². The lowest BCUT2D eigenvalue weighted by Crippen LogP contribution is -2.20. The van der Waals surface area contributed by atoms with Gasteiger partial charge >= 0.3 is 0 Å². The predicted octanol–water partition coefficient (Wildman–Crippen LogP) is 3.65. The van der Waals surface area contributed by atoms with Crippen molar-refractivity contribution in [2.75, 3.05) is 14.1 Å². The van der Waals surface area contributed by atoms with Crippen LogP contribution in [-0.4, -0.2) is 37.2 Å². The summed E-state index contributed by atoms with van der Waals surface area (Å²) in [5.41, 5.74) is 1.97. The van der Waals surface area contributed by atoms with Crippen molar-refractivity contribution >= 4 is 26.7 Å². The molecule has 1 aromatic heterocycles. The Balaban J connectivity index is 2.34. The van der Waals surface area contributed by atoms with Crippen molar-refractivity contribution in [3.8, 4) is 6.07 Å². The minimum atomic E-state index is -4.06. The summed E-state index contributed by atoms with van der Waals surface area (Å²) in [6.07, 6.45) is 1.38. The van der Waals surface area contributed by atoms with E-state index in [4.69, 9.17) is 0 Å². The molecular weight excluding hydrogens is 386 g/mol. The van der Waals surface area contributed by atoms with Crippen LogP contribution >= 0.6 is 0 Å². The molecule has 0 amide bonds. The molecule has 148 valence electrons. The zero-order valence-corrected chi connectivity index (χ0v) is 17.5. The van der Waals surface area contributed by atoms with Gasteiger partial charge in [-0.05, 0) is 43.7 Å². The number of aromatic nitrogens is 1. The first-order valence-corrected chi connectivity index (χ1v) is 10.4. The standard InChI is InChI=1S/C22H21N3O3S/c1-15-6-9-19(10-7-15)29(27,28)25-20-11-16(2)5-8-17(20)12-21(25)22(26)18(13-23)14-24(3)4/h5-12,14H,1-4H3/b18-14-. The second kappa shape index (κ2) is 7.57. The lowest BCUT2D eigenvalue weighted by molar-refractivity contribution is 0.103. The Morgan fingerprint density at radius 3 is 2.24 bits per heavy atom. The zero-order chi connectivity index (χ0) is 21.3. The summed E-state index contributed by atoms with van der Waals surface area (Å²) in [6, 6.07) is 15.2. The van der Waals surface area contributed by atoms with Crippen molar-refractivity contribution in [2.24, 2.45) is 0 Å². The highest BCUT2D eigenvalue weighted by atomic mass is 32.2. The van der Waals surface area contributed by atoms with Crippen LogP contribution in [0.25, 0.3) is 10.9 Å². The Morgan fingerprint density at radius 2 is 1.66 bits per heavy atom. The normalized spacial score (nSPS) is 12.0. The van der Waals surface area contributed by atoms with Gasteiger partial charge in [0.05, 0.1) is 10.4 Å². The van der Waals surface area contributed by atoms with E-state index < -0.39 is 15.8 Å². The molecule has 0 spiro atoms. The highest BCUT2D eigenvalue weighted by Gasteiger charge is 2.28. The van der Waals surface area contributed by atoms with Gasteiger partial charge in [-0.3, -0.25) is 4.79 Å². The fourth-order valence-corrected chi connectivity index (χ4v) is 4.56. The molecule has 0 aliphatic carbocycles. The number of hydrogen-bond acceptors (Lipinski definition) is 5. The van der Waals surface area contributed by atoms with Crippen LogP contribution in [0.15, 0.2) is 65.2 Å². The van der Waals surface area contributed by atoms with Crippen LogP contribution in [0.5, 0.6) is 0 Å². The summed E-state index contributed by atoms with van der Waals surface area (Å²) in [6.45, 7) is 3.72. The highest BCUT2D eigenvalue weighted by molar-refractivity contribution is 7.90. The summed E-state index contributed by atoms with van der Waals surface area (Å²) < 4.78 is 28.0. The van der Waals surface area contributed by atoms with Crippen LogP contribution in [-0.2, 0) is 10.0 Å². The summed E-state index contributed by atoms with van der Waals surface area (Å²) in [7, 11) is -0.682. The number of ketones is 1. The molecule has 0 bridgehead atoms. The lowest BCUT2D eigenvalue weighted by atomic mass is 10.1. The second-order valence-electron chi connectivity index (χ2n) is 7.12. The average Bonchev–Trinajstić information content (AvgIpc) is 3.05. The van der Waals surface area contributed by atoms with Gasteiger partial charge in [0.15, 0.2) is 0 Å². The number of Topliss-reactive ketones (excluding diaryl/α,β-unsaturated/α-hetero) is 1. The van der Waals surface area contributed by atoms with Crippen LogP contribution in [0.3, 0.4) is 0 Å². The molecule has 0 saturated carbocycles. The number of carbonyl (C=O) groups is 1. The molecule has 0 unspecified atom stereocenters. The molecule has 6 nitrogen and oxygen atoms in total. The van der Waals surface area contributed by atoms with E-state index in [1.807, 2.05) is 26.0 Å². The van der Waals surface area contributed by atoms with Gasteiger partial charge in [0.25, 0.3) is 10.0 Å². The van der Waals surface area contributed by atoms with Crippen molar-refractivity contribution in [2.45, 2.75) is 18.7 Å². The maximum absolute atomic E-state index is 13.5. The van der Waals surface area contributed by atoms with E-state index in [-0.39, 0.29) is 16.2 Å².